The first-order valence-electron chi connectivity index (χ1n) is 7.62. The molecule has 0 spiro atoms. The van der Waals surface area contributed by atoms with E-state index in [0.717, 1.165) is 25.5 Å². The van der Waals surface area contributed by atoms with E-state index in [2.05, 4.69) is 46.2 Å². The highest BCUT2D eigenvalue weighted by Crippen LogP contribution is 2.05. The van der Waals surface area contributed by atoms with Crippen molar-refractivity contribution in [2.75, 3.05) is 52.9 Å². The number of nitrogens with one attached hydrogen (secondary N) is 2. The molecule has 112 valence electrons. The van der Waals surface area contributed by atoms with Gasteiger partial charge in [0.15, 0.2) is 5.96 Å². The van der Waals surface area contributed by atoms with Gasteiger partial charge < -0.3 is 15.5 Å². The summed E-state index contributed by atoms with van der Waals surface area (Å²) in [6, 6.07) is 0.555. The number of hydrogen-bond acceptors (Lipinski definition) is 3. The standard InChI is InChI=1S/C14H31N5/c1-5-7-16-14(15-4)17-12-13(3)19-10-8-18(6-2)9-11-19/h13H,5-12H2,1-4H3,(H2,15,16,17). The number of guanidine groups is 1. The van der Waals surface area contributed by atoms with Gasteiger partial charge in [-0.15, -0.1) is 0 Å². The fourth-order valence-corrected chi connectivity index (χ4v) is 2.36. The van der Waals surface area contributed by atoms with Crippen LogP contribution in [0, 0.1) is 0 Å². The van der Waals surface area contributed by atoms with E-state index in [-0.39, 0.29) is 0 Å². The van der Waals surface area contributed by atoms with Gasteiger partial charge in [0.05, 0.1) is 0 Å². The van der Waals surface area contributed by atoms with Gasteiger partial charge in [-0.05, 0) is 19.9 Å². The van der Waals surface area contributed by atoms with Crippen molar-refractivity contribution in [2.45, 2.75) is 33.2 Å². The fraction of sp³-hybridized carbons (Fsp3) is 0.929. The zero-order chi connectivity index (χ0) is 14.1. The molecule has 0 radical (unpaired) electrons. The normalized spacial score (nSPS) is 20.3. The lowest BCUT2D eigenvalue weighted by molar-refractivity contribution is 0.107. The third kappa shape index (κ3) is 5.78. The Kier molecular flexibility index (Phi) is 7.82. The summed E-state index contributed by atoms with van der Waals surface area (Å²) in [5.41, 5.74) is 0. The molecular weight excluding hydrogens is 238 g/mol. The van der Waals surface area contributed by atoms with Crippen LogP contribution in [0.2, 0.25) is 0 Å². The average molecular weight is 269 g/mol. The van der Waals surface area contributed by atoms with E-state index < -0.39 is 0 Å². The maximum atomic E-state index is 4.24. The molecule has 1 saturated heterocycles. The molecule has 5 heteroatoms. The Morgan fingerprint density at radius 1 is 1.16 bits per heavy atom. The molecule has 0 bridgehead atoms. The molecule has 0 aromatic heterocycles. The molecule has 0 saturated carbocycles. The molecule has 5 nitrogen and oxygen atoms in total. The van der Waals surface area contributed by atoms with Crippen molar-refractivity contribution in [2.24, 2.45) is 4.99 Å². The second-order valence-electron chi connectivity index (χ2n) is 5.20. The van der Waals surface area contributed by atoms with Crippen LogP contribution in [-0.2, 0) is 0 Å². The molecule has 0 aromatic rings. The first-order valence-corrected chi connectivity index (χ1v) is 7.62. The molecule has 1 aliphatic heterocycles. The minimum atomic E-state index is 0.555. The van der Waals surface area contributed by atoms with Crippen LogP contribution >= 0.6 is 0 Å². The van der Waals surface area contributed by atoms with E-state index in [4.69, 9.17) is 0 Å². The highest BCUT2D eigenvalue weighted by Gasteiger charge is 2.19. The third-order valence-electron chi connectivity index (χ3n) is 3.81. The molecule has 1 aliphatic rings. The van der Waals surface area contributed by atoms with Crippen molar-refractivity contribution in [3.05, 3.63) is 0 Å². The minimum Gasteiger partial charge on any atom is -0.356 e. The van der Waals surface area contributed by atoms with Crippen molar-refractivity contribution in [3.8, 4) is 0 Å². The Labute approximate surface area is 118 Å². The Morgan fingerprint density at radius 3 is 2.37 bits per heavy atom. The van der Waals surface area contributed by atoms with Gasteiger partial charge in [0.2, 0.25) is 0 Å². The van der Waals surface area contributed by atoms with Gasteiger partial charge in [-0.25, -0.2) is 0 Å². The molecule has 19 heavy (non-hydrogen) atoms. The van der Waals surface area contributed by atoms with Gasteiger partial charge >= 0.3 is 0 Å². The van der Waals surface area contributed by atoms with Crippen molar-refractivity contribution in [1.29, 1.82) is 0 Å². The average Bonchev–Trinajstić information content (AvgIpc) is 2.47. The first kappa shape index (κ1) is 16.2. The predicted octanol–water partition coefficient (Wildman–Crippen LogP) is 0.587. The largest absolute Gasteiger partial charge is 0.356 e. The Hall–Kier alpha value is -0.810. The van der Waals surface area contributed by atoms with Crippen molar-refractivity contribution < 1.29 is 0 Å². The number of hydrogen-bond donors (Lipinski definition) is 2. The van der Waals surface area contributed by atoms with Crippen molar-refractivity contribution in [1.82, 2.24) is 20.4 Å². The van der Waals surface area contributed by atoms with Gasteiger partial charge in [0.1, 0.15) is 0 Å². The summed E-state index contributed by atoms with van der Waals surface area (Å²) in [7, 11) is 1.83. The lowest BCUT2D eigenvalue weighted by atomic mass is 10.2. The van der Waals surface area contributed by atoms with Gasteiger partial charge in [-0.1, -0.05) is 13.8 Å². The monoisotopic (exact) mass is 269 g/mol. The molecule has 1 unspecified atom stereocenters. The molecule has 1 fully saturated rings. The van der Waals surface area contributed by atoms with Crippen LogP contribution in [0.3, 0.4) is 0 Å². The van der Waals surface area contributed by atoms with Gasteiger partial charge in [0, 0.05) is 52.4 Å². The van der Waals surface area contributed by atoms with Crippen molar-refractivity contribution in [3.63, 3.8) is 0 Å². The molecule has 0 aromatic carbocycles. The van der Waals surface area contributed by atoms with E-state index >= 15 is 0 Å². The number of nitrogens with zero attached hydrogens (tertiary/aromatic N) is 3. The summed E-state index contributed by atoms with van der Waals surface area (Å²) in [6.45, 7) is 14.6. The summed E-state index contributed by atoms with van der Waals surface area (Å²) in [5.74, 6) is 0.917. The van der Waals surface area contributed by atoms with Crippen LogP contribution in [0.1, 0.15) is 27.2 Å². The molecule has 1 rings (SSSR count). The van der Waals surface area contributed by atoms with Crippen LogP contribution in [0.4, 0.5) is 0 Å². The zero-order valence-corrected chi connectivity index (χ0v) is 13.1. The maximum Gasteiger partial charge on any atom is 0.191 e. The summed E-state index contributed by atoms with van der Waals surface area (Å²) in [6.07, 6.45) is 1.12. The quantitative estimate of drug-likeness (QED) is 0.547. The van der Waals surface area contributed by atoms with Crippen LogP contribution in [0.15, 0.2) is 4.99 Å². The Bertz CT molecular complexity index is 259. The van der Waals surface area contributed by atoms with Gasteiger partial charge in [-0.2, -0.15) is 0 Å². The molecule has 1 atom stereocenters. The van der Waals surface area contributed by atoms with E-state index in [1.165, 1.54) is 32.7 Å². The van der Waals surface area contributed by atoms with Crippen LogP contribution in [-0.4, -0.2) is 74.7 Å². The van der Waals surface area contributed by atoms with Gasteiger partial charge in [0.25, 0.3) is 0 Å². The SMILES string of the molecule is CCCNC(=NC)NCC(C)N1CCN(CC)CC1. The molecule has 1 heterocycles. The Balaban J connectivity index is 2.25. The Morgan fingerprint density at radius 2 is 1.84 bits per heavy atom. The lowest BCUT2D eigenvalue weighted by Crippen LogP contribution is -2.53. The second-order valence-corrected chi connectivity index (χ2v) is 5.20. The number of piperazine rings is 1. The highest BCUT2D eigenvalue weighted by atomic mass is 15.3. The van der Waals surface area contributed by atoms with Crippen LogP contribution < -0.4 is 10.6 Å². The maximum absolute atomic E-state index is 4.24. The summed E-state index contributed by atoms with van der Waals surface area (Å²) in [4.78, 5) is 9.31. The summed E-state index contributed by atoms with van der Waals surface area (Å²) >= 11 is 0. The highest BCUT2D eigenvalue weighted by molar-refractivity contribution is 5.79. The zero-order valence-electron chi connectivity index (χ0n) is 13.1. The third-order valence-corrected chi connectivity index (χ3v) is 3.81. The van der Waals surface area contributed by atoms with Crippen molar-refractivity contribution >= 4 is 5.96 Å². The van der Waals surface area contributed by atoms with Crippen LogP contribution in [0.5, 0.6) is 0 Å². The first-order chi connectivity index (χ1) is 9.21. The smallest absolute Gasteiger partial charge is 0.191 e. The lowest BCUT2D eigenvalue weighted by Gasteiger charge is -2.37. The topological polar surface area (TPSA) is 42.9 Å². The molecule has 0 aliphatic carbocycles. The number of likely N-dealkylation sites (N-methyl/N-ethyl adjacent to an activating group) is 1. The molecular formula is C14H31N5. The van der Waals surface area contributed by atoms with Crippen LogP contribution in [0.25, 0.3) is 0 Å². The number of aliphatic imine (C=N–C) groups is 1. The number of rotatable bonds is 6. The summed E-state index contributed by atoms with van der Waals surface area (Å²) in [5, 5.41) is 6.72. The van der Waals surface area contributed by atoms with E-state index in [9.17, 15) is 0 Å². The molecule has 0 amide bonds. The van der Waals surface area contributed by atoms with Gasteiger partial charge in [-0.3, -0.25) is 9.89 Å². The van der Waals surface area contributed by atoms with E-state index in [1.54, 1.807) is 0 Å². The fourth-order valence-electron chi connectivity index (χ4n) is 2.36. The van der Waals surface area contributed by atoms with E-state index in [1.807, 2.05) is 7.05 Å². The molecule has 2 N–H and O–H groups in total. The second kappa shape index (κ2) is 9.15. The predicted molar refractivity (Wildman–Crippen MR) is 82.8 cm³/mol. The summed E-state index contributed by atoms with van der Waals surface area (Å²) < 4.78 is 0. The minimum absolute atomic E-state index is 0.555. The van der Waals surface area contributed by atoms with E-state index in [0.29, 0.717) is 6.04 Å².